The molecule has 126 valence electrons. The quantitative estimate of drug-likeness (QED) is 0.282. The van der Waals surface area contributed by atoms with Gasteiger partial charge >= 0.3 is 0 Å². The molecule has 0 saturated heterocycles. The van der Waals surface area contributed by atoms with Gasteiger partial charge in [-0.2, -0.15) is 11.8 Å². The number of hydrogen-bond acceptors (Lipinski definition) is 3. The summed E-state index contributed by atoms with van der Waals surface area (Å²) >= 11 is 1.80. The van der Waals surface area contributed by atoms with Crippen LogP contribution in [0.15, 0.2) is 29.3 Å². The van der Waals surface area contributed by atoms with Crippen molar-refractivity contribution in [1.29, 1.82) is 0 Å². The van der Waals surface area contributed by atoms with Gasteiger partial charge in [-0.25, -0.2) is 4.39 Å². The van der Waals surface area contributed by atoms with Gasteiger partial charge in [0.2, 0.25) is 0 Å². The van der Waals surface area contributed by atoms with Gasteiger partial charge in [-0.3, -0.25) is 4.99 Å². The summed E-state index contributed by atoms with van der Waals surface area (Å²) in [7, 11) is 3.67. The molecule has 22 heavy (non-hydrogen) atoms. The van der Waals surface area contributed by atoms with E-state index in [0.717, 1.165) is 37.8 Å². The van der Waals surface area contributed by atoms with Crippen LogP contribution in [0, 0.1) is 5.82 Å². The first kappa shape index (κ1) is 21.3. The Morgan fingerprint density at radius 1 is 1.27 bits per heavy atom. The summed E-state index contributed by atoms with van der Waals surface area (Å²) in [6.07, 6.45) is 2.99. The first-order chi connectivity index (χ1) is 10.2. The second kappa shape index (κ2) is 12.8. The molecule has 0 aromatic heterocycles. The molecular formula is C15H26FIN4S. The third-order valence-corrected chi connectivity index (χ3v) is 3.66. The van der Waals surface area contributed by atoms with E-state index in [1.165, 1.54) is 6.07 Å². The molecule has 0 aliphatic rings. The highest BCUT2D eigenvalue weighted by molar-refractivity contribution is 14.0. The molecule has 0 spiro atoms. The molecule has 0 bridgehead atoms. The Balaban J connectivity index is 0.00000441. The summed E-state index contributed by atoms with van der Waals surface area (Å²) in [6, 6.07) is 6.84. The smallest absolute Gasteiger partial charge is 0.191 e. The van der Waals surface area contributed by atoms with Crippen molar-refractivity contribution in [2.75, 3.05) is 50.6 Å². The third-order valence-electron chi connectivity index (χ3n) is 3.05. The third kappa shape index (κ3) is 8.07. The first-order valence-electron chi connectivity index (χ1n) is 7.08. The Hall–Kier alpha value is -0.700. The molecular weight excluding hydrogens is 414 g/mol. The Morgan fingerprint density at radius 2 is 1.95 bits per heavy atom. The number of benzene rings is 1. The van der Waals surface area contributed by atoms with Crippen LogP contribution in [-0.4, -0.2) is 51.7 Å². The van der Waals surface area contributed by atoms with Crippen molar-refractivity contribution in [2.45, 2.75) is 6.42 Å². The van der Waals surface area contributed by atoms with Crippen LogP contribution in [-0.2, 0) is 0 Å². The van der Waals surface area contributed by atoms with E-state index in [-0.39, 0.29) is 29.8 Å². The zero-order valence-electron chi connectivity index (χ0n) is 13.4. The van der Waals surface area contributed by atoms with Crippen LogP contribution in [0.5, 0.6) is 0 Å². The van der Waals surface area contributed by atoms with Gasteiger partial charge in [0, 0.05) is 39.5 Å². The Morgan fingerprint density at radius 3 is 2.59 bits per heavy atom. The molecule has 0 saturated carbocycles. The largest absolute Gasteiger partial charge is 0.372 e. The van der Waals surface area contributed by atoms with Crippen LogP contribution in [0.1, 0.15) is 6.42 Å². The maximum Gasteiger partial charge on any atom is 0.191 e. The summed E-state index contributed by atoms with van der Waals surface area (Å²) in [5.41, 5.74) is 0.639. The molecule has 0 heterocycles. The SMILES string of the molecule is CN=C(NCCCN(C)c1ccccc1F)NCCSC.I. The van der Waals surface area contributed by atoms with E-state index in [4.69, 9.17) is 0 Å². The molecule has 1 aromatic carbocycles. The molecule has 0 atom stereocenters. The zero-order valence-corrected chi connectivity index (χ0v) is 16.6. The minimum atomic E-state index is -0.178. The fourth-order valence-electron chi connectivity index (χ4n) is 1.90. The average molecular weight is 440 g/mol. The topological polar surface area (TPSA) is 39.7 Å². The Kier molecular flexibility index (Phi) is 12.4. The van der Waals surface area contributed by atoms with Crippen molar-refractivity contribution in [3.63, 3.8) is 0 Å². The predicted molar refractivity (Wildman–Crippen MR) is 107 cm³/mol. The second-order valence-electron chi connectivity index (χ2n) is 4.65. The number of halogens is 2. The van der Waals surface area contributed by atoms with Gasteiger partial charge in [0.15, 0.2) is 5.96 Å². The number of nitrogens with one attached hydrogen (secondary N) is 2. The monoisotopic (exact) mass is 440 g/mol. The van der Waals surface area contributed by atoms with E-state index in [9.17, 15) is 4.39 Å². The highest BCUT2D eigenvalue weighted by atomic mass is 127. The normalized spacial score (nSPS) is 10.8. The minimum absolute atomic E-state index is 0. The molecule has 0 amide bonds. The van der Waals surface area contributed by atoms with Crippen LogP contribution in [0.2, 0.25) is 0 Å². The van der Waals surface area contributed by atoms with Gasteiger partial charge in [-0.15, -0.1) is 24.0 Å². The number of para-hydroxylation sites is 1. The highest BCUT2D eigenvalue weighted by Gasteiger charge is 2.05. The molecule has 7 heteroatoms. The summed E-state index contributed by atoms with van der Waals surface area (Å²) in [5, 5.41) is 6.50. The zero-order chi connectivity index (χ0) is 15.5. The fraction of sp³-hybridized carbons (Fsp3) is 0.533. The van der Waals surface area contributed by atoms with Crippen molar-refractivity contribution in [3.05, 3.63) is 30.1 Å². The van der Waals surface area contributed by atoms with Crippen LogP contribution in [0.3, 0.4) is 0 Å². The lowest BCUT2D eigenvalue weighted by Crippen LogP contribution is -2.39. The van der Waals surface area contributed by atoms with Gasteiger partial charge < -0.3 is 15.5 Å². The van der Waals surface area contributed by atoms with Crippen LogP contribution in [0.25, 0.3) is 0 Å². The summed E-state index contributed by atoms with van der Waals surface area (Å²) < 4.78 is 13.6. The maximum absolute atomic E-state index is 13.6. The van der Waals surface area contributed by atoms with E-state index in [0.29, 0.717) is 5.69 Å². The predicted octanol–water partition coefficient (Wildman–Crippen LogP) is 2.80. The molecule has 4 nitrogen and oxygen atoms in total. The maximum atomic E-state index is 13.6. The van der Waals surface area contributed by atoms with Gasteiger partial charge in [0.05, 0.1) is 5.69 Å². The summed E-state index contributed by atoms with van der Waals surface area (Å²) in [4.78, 5) is 6.09. The lowest BCUT2D eigenvalue weighted by molar-refractivity contribution is 0.619. The van der Waals surface area contributed by atoms with Crippen LogP contribution < -0.4 is 15.5 Å². The molecule has 1 aromatic rings. The Labute approximate surface area is 154 Å². The standard InChI is InChI=1S/C15H25FN4S.HI/c1-17-15(19-10-12-21-3)18-9-6-11-20(2)14-8-5-4-7-13(14)16;/h4-5,7-8H,6,9-12H2,1-3H3,(H2,17,18,19);1H. The number of aliphatic imine (C=N–C) groups is 1. The fourth-order valence-corrected chi connectivity index (χ4v) is 2.20. The first-order valence-corrected chi connectivity index (χ1v) is 8.47. The van der Waals surface area contributed by atoms with E-state index in [1.54, 1.807) is 30.9 Å². The number of rotatable bonds is 8. The molecule has 2 N–H and O–H groups in total. The Bertz CT molecular complexity index is 445. The molecule has 0 fully saturated rings. The van der Waals surface area contributed by atoms with Crippen LogP contribution >= 0.6 is 35.7 Å². The van der Waals surface area contributed by atoms with Crippen molar-refractivity contribution < 1.29 is 4.39 Å². The number of hydrogen-bond donors (Lipinski definition) is 2. The van der Waals surface area contributed by atoms with Gasteiger partial charge in [0.1, 0.15) is 5.82 Å². The highest BCUT2D eigenvalue weighted by Crippen LogP contribution is 2.16. The van der Waals surface area contributed by atoms with E-state index in [2.05, 4.69) is 21.9 Å². The molecule has 0 radical (unpaired) electrons. The van der Waals surface area contributed by atoms with Crippen molar-refractivity contribution in [1.82, 2.24) is 10.6 Å². The van der Waals surface area contributed by atoms with Crippen molar-refractivity contribution in [3.8, 4) is 0 Å². The number of nitrogens with zero attached hydrogens (tertiary/aromatic N) is 2. The molecule has 0 aliphatic heterocycles. The lowest BCUT2D eigenvalue weighted by atomic mass is 10.2. The van der Waals surface area contributed by atoms with Crippen LogP contribution in [0.4, 0.5) is 10.1 Å². The summed E-state index contributed by atoms with van der Waals surface area (Å²) in [6.45, 7) is 2.49. The number of guanidine groups is 1. The van der Waals surface area contributed by atoms with Crippen molar-refractivity contribution >= 4 is 47.4 Å². The minimum Gasteiger partial charge on any atom is -0.372 e. The number of thioether (sulfide) groups is 1. The molecule has 0 unspecified atom stereocenters. The summed E-state index contributed by atoms with van der Waals surface area (Å²) in [5.74, 6) is 1.69. The van der Waals surface area contributed by atoms with Gasteiger partial charge in [0.25, 0.3) is 0 Å². The molecule has 1 rings (SSSR count). The second-order valence-corrected chi connectivity index (χ2v) is 5.63. The van der Waals surface area contributed by atoms with E-state index < -0.39 is 0 Å². The van der Waals surface area contributed by atoms with E-state index >= 15 is 0 Å². The van der Waals surface area contributed by atoms with Gasteiger partial charge in [-0.05, 0) is 24.8 Å². The number of anilines is 1. The van der Waals surface area contributed by atoms with Gasteiger partial charge in [-0.1, -0.05) is 12.1 Å². The molecule has 0 aliphatic carbocycles. The van der Waals surface area contributed by atoms with E-state index in [1.807, 2.05) is 18.0 Å². The average Bonchev–Trinajstić information content (AvgIpc) is 2.50. The van der Waals surface area contributed by atoms with Crippen molar-refractivity contribution in [2.24, 2.45) is 4.99 Å². The lowest BCUT2D eigenvalue weighted by Gasteiger charge is -2.20.